The molecular weight excluding hydrogens is 286 g/mol. The minimum atomic E-state index is -3.43. The lowest BCUT2D eigenvalue weighted by Gasteiger charge is -2.25. The van der Waals surface area contributed by atoms with Crippen molar-refractivity contribution in [3.8, 4) is 0 Å². The molecule has 0 saturated carbocycles. The second-order valence-electron chi connectivity index (χ2n) is 4.84. The summed E-state index contributed by atoms with van der Waals surface area (Å²) in [7, 11) is -3.43. The lowest BCUT2D eigenvalue weighted by atomic mass is 10.1. The van der Waals surface area contributed by atoms with E-state index < -0.39 is 10.0 Å². The van der Waals surface area contributed by atoms with Crippen LogP contribution in [0.15, 0.2) is 48.3 Å². The molecule has 21 heavy (non-hydrogen) atoms. The largest absolute Gasteiger partial charge is 0.244 e. The van der Waals surface area contributed by atoms with Crippen LogP contribution in [0.4, 0.5) is 0 Å². The van der Waals surface area contributed by atoms with Crippen molar-refractivity contribution in [3.63, 3.8) is 0 Å². The molecular formula is C15H15N3O2S. The number of nitrogens with zero attached hydrogens (tertiary/aromatic N) is 3. The van der Waals surface area contributed by atoms with Gasteiger partial charge in [-0.05, 0) is 11.6 Å². The van der Waals surface area contributed by atoms with Crippen LogP contribution < -0.4 is 0 Å². The van der Waals surface area contributed by atoms with Crippen LogP contribution in [0.2, 0.25) is 0 Å². The van der Waals surface area contributed by atoms with E-state index in [1.165, 1.54) is 16.0 Å². The van der Waals surface area contributed by atoms with Crippen molar-refractivity contribution in [2.24, 2.45) is 0 Å². The van der Waals surface area contributed by atoms with Gasteiger partial charge in [0, 0.05) is 42.4 Å². The maximum absolute atomic E-state index is 12.4. The molecule has 0 N–H and O–H groups in total. The van der Waals surface area contributed by atoms with Gasteiger partial charge in [-0.3, -0.25) is 0 Å². The fourth-order valence-corrected chi connectivity index (χ4v) is 3.44. The highest BCUT2D eigenvalue weighted by Crippen LogP contribution is 2.19. The van der Waals surface area contributed by atoms with Crippen LogP contribution in [0.5, 0.6) is 0 Å². The van der Waals surface area contributed by atoms with E-state index in [4.69, 9.17) is 0 Å². The van der Waals surface area contributed by atoms with Gasteiger partial charge in [0.05, 0.1) is 0 Å². The molecule has 0 saturated heterocycles. The lowest BCUT2D eigenvalue weighted by Crippen LogP contribution is -2.35. The number of sulfonamides is 1. The average molecular weight is 301 g/mol. The summed E-state index contributed by atoms with van der Waals surface area (Å²) in [5, 5.41) is 1.26. The summed E-state index contributed by atoms with van der Waals surface area (Å²) < 4.78 is 26.2. The van der Waals surface area contributed by atoms with Crippen molar-refractivity contribution in [1.29, 1.82) is 0 Å². The van der Waals surface area contributed by atoms with Gasteiger partial charge < -0.3 is 0 Å². The zero-order valence-corrected chi connectivity index (χ0v) is 12.2. The Morgan fingerprint density at radius 3 is 2.81 bits per heavy atom. The Hall–Kier alpha value is -2.05. The van der Waals surface area contributed by atoms with E-state index in [1.807, 2.05) is 30.3 Å². The van der Waals surface area contributed by atoms with Gasteiger partial charge >= 0.3 is 0 Å². The molecule has 0 unspecified atom stereocenters. The van der Waals surface area contributed by atoms with Crippen LogP contribution in [0.1, 0.15) is 16.8 Å². The second-order valence-corrected chi connectivity index (χ2v) is 6.66. The van der Waals surface area contributed by atoms with Crippen LogP contribution in [0.3, 0.4) is 0 Å². The zero-order valence-electron chi connectivity index (χ0n) is 11.4. The smallest absolute Gasteiger partial charge is 0.236 e. The molecule has 1 aromatic carbocycles. The Morgan fingerprint density at radius 1 is 1.19 bits per heavy atom. The van der Waals surface area contributed by atoms with Crippen molar-refractivity contribution in [3.05, 3.63) is 65.1 Å². The van der Waals surface area contributed by atoms with Crippen molar-refractivity contribution >= 4 is 16.1 Å². The summed E-state index contributed by atoms with van der Waals surface area (Å²) in [6.45, 7) is 0.781. The molecule has 0 bridgehead atoms. The molecule has 0 atom stereocenters. The van der Waals surface area contributed by atoms with Gasteiger partial charge in [-0.1, -0.05) is 30.3 Å². The molecule has 108 valence electrons. The Bertz CT molecular complexity index is 757. The van der Waals surface area contributed by atoms with E-state index >= 15 is 0 Å². The Balaban J connectivity index is 1.79. The van der Waals surface area contributed by atoms with E-state index in [0.29, 0.717) is 19.5 Å². The van der Waals surface area contributed by atoms with Gasteiger partial charge in [0.25, 0.3) is 0 Å². The van der Waals surface area contributed by atoms with E-state index in [-0.39, 0.29) is 0 Å². The van der Waals surface area contributed by atoms with Crippen LogP contribution in [0, 0.1) is 0 Å². The SMILES string of the molecule is O=S(=O)(/C=C/c1ccccc1)N1CCc2ncncc2C1. The lowest BCUT2D eigenvalue weighted by molar-refractivity contribution is 0.392. The minimum absolute atomic E-state index is 0.331. The number of benzene rings is 1. The monoisotopic (exact) mass is 301 g/mol. The van der Waals surface area contributed by atoms with Gasteiger partial charge in [0.1, 0.15) is 6.33 Å². The Labute approximate surface area is 124 Å². The molecule has 3 rings (SSSR count). The van der Waals surface area contributed by atoms with Gasteiger partial charge in [-0.2, -0.15) is 4.31 Å². The molecule has 0 spiro atoms. The summed E-state index contributed by atoms with van der Waals surface area (Å²) >= 11 is 0. The van der Waals surface area contributed by atoms with Crippen LogP contribution >= 0.6 is 0 Å². The Kier molecular flexibility index (Phi) is 3.81. The maximum atomic E-state index is 12.4. The van der Waals surface area contributed by atoms with Crippen molar-refractivity contribution in [1.82, 2.24) is 14.3 Å². The zero-order chi connectivity index (χ0) is 14.7. The first-order chi connectivity index (χ1) is 10.1. The second kappa shape index (κ2) is 5.75. The fraction of sp³-hybridized carbons (Fsp3) is 0.200. The molecule has 0 amide bonds. The van der Waals surface area contributed by atoms with Crippen molar-refractivity contribution in [2.45, 2.75) is 13.0 Å². The summed E-state index contributed by atoms with van der Waals surface area (Å²) in [6.07, 6.45) is 5.42. The predicted octanol–water partition coefficient (Wildman–Crippen LogP) is 1.84. The highest BCUT2D eigenvalue weighted by molar-refractivity contribution is 7.92. The molecule has 1 aromatic heterocycles. The van der Waals surface area contributed by atoms with Crippen LogP contribution in [-0.4, -0.2) is 29.2 Å². The number of hydrogen-bond donors (Lipinski definition) is 0. The van der Waals surface area contributed by atoms with E-state index in [1.54, 1.807) is 12.3 Å². The van der Waals surface area contributed by atoms with Gasteiger partial charge in [-0.15, -0.1) is 0 Å². The summed E-state index contributed by atoms with van der Waals surface area (Å²) in [5.41, 5.74) is 2.67. The summed E-state index contributed by atoms with van der Waals surface area (Å²) in [6, 6.07) is 9.38. The standard InChI is InChI=1S/C15H15N3O2S/c19-21(20,9-7-13-4-2-1-3-5-13)18-8-6-15-14(11-18)10-16-12-17-15/h1-5,7,9-10,12H,6,8,11H2/b9-7+. The first-order valence-electron chi connectivity index (χ1n) is 6.66. The fourth-order valence-electron chi connectivity index (χ4n) is 2.27. The van der Waals surface area contributed by atoms with Crippen LogP contribution in [0.25, 0.3) is 6.08 Å². The van der Waals surface area contributed by atoms with Crippen LogP contribution in [-0.2, 0) is 23.0 Å². The first-order valence-corrected chi connectivity index (χ1v) is 8.16. The molecule has 1 aliphatic heterocycles. The molecule has 0 aliphatic carbocycles. The topological polar surface area (TPSA) is 63.2 Å². The summed E-state index contributed by atoms with van der Waals surface area (Å²) in [4.78, 5) is 8.14. The first kappa shape index (κ1) is 13.9. The number of hydrogen-bond acceptors (Lipinski definition) is 4. The molecule has 0 fully saturated rings. The molecule has 2 aromatic rings. The average Bonchev–Trinajstić information content (AvgIpc) is 2.53. The summed E-state index contributed by atoms with van der Waals surface area (Å²) in [5.74, 6) is 0. The molecule has 1 aliphatic rings. The van der Waals surface area contributed by atoms with E-state index in [9.17, 15) is 8.42 Å². The minimum Gasteiger partial charge on any atom is -0.244 e. The molecule has 6 heteroatoms. The third-order valence-corrected chi connectivity index (χ3v) is 4.93. The van der Waals surface area contributed by atoms with Gasteiger partial charge in [-0.25, -0.2) is 18.4 Å². The molecule has 0 radical (unpaired) electrons. The Morgan fingerprint density at radius 2 is 2.00 bits per heavy atom. The van der Waals surface area contributed by atoms with E-state index in [0.717, 1.165) is 16.8 Å². The quantitative estimate of drug-likeness (QED) is 0.867. The van der Waals surface area contributed by atoms with Gasteiger partial charge in [0.2, 0.25) is 10.0 Å². The predicted molar refractivity (Wildman–Crippen MR) is 80.5 cm³/mol. The molecule has 5 nitrogen and oxygen atoms in total. The number of fused-ring (bicyclic) bond motifs is 1. The van der Waals surface area contributed by atoms with Crippen molar-refractivity contribution < 1.29 is 8.42 Å². The third-order valence-electron chi connectivity index (χ3n) is 3.42. The number of rotatable bonds is 3. The number of aromatic nitrogens is 2. The van der Waals surface area contributed by atoms with Crippen molar-refractivity contribution in [2.75, 3.05) is 6.54 Å². The highest BCUT2D eigenvalue weighted by atomic mass is 32.2. The van der Waals surface area contributed by atoms with E-state index in [2.05, 4.69) is 9.97 Å². The van der Waals surface area contributed by atoms with Gasteiger partial charge in [0.15, 0.2) is 0 Å². The third kappa shape index (κ3) is 3.17. The maximum Gasteiger partial charge on any atom is 0.236 e. The molecule has 2 heterocycles. The highest BCUT2D eigenvalue weighted by Gasteiger charge is 2.25. The normalized spacial score (nSPS) is 16.0.